The van der Waals surface area contributed by atoms with Crippen LogP contribution >= 0.6 is 0 Å². The number of aliphatic hydroxyl groups excluding tert-OH is 1. The first-order chi connectivity index (χ1) is 4.19. The Morgan fingerprint density at radius 2 is 2.33 bits per heavy atom. The van der Waals surface area contributed by atoms with Crippen LogP contribution in [0.3, 0.4) is 0 Å². The van der Waals surface area contributed by atoms with Crippen molar-refractivity contribution in [3.63, 3.8) is 0 Å². The zero-order valence-corrected chi connectivity index (χ0v) is 5.18. The summed E-state index contributed by atoms with van der Waals surface area (Å²) in [4.78, 5) is 0. The molecule has 0 aliphatic heterocycles. The average Bonchev–Trinajstić information content (AvgIpc) is 2.15. The van der Waals surface area contributed by atoms with Crippen molar-refractivity contribution in [1.29, 1.82) is 0 Å². The first-order valence-corrected chi connectivity index (χ1v) is 3.15. The lowest BCUT2D eigenvalue weighted by Gasteiger charge is -2.21. The molecule has 2 N–H and O–H groups in total. The van der Waals surface area contributed by atoms with Crippen molar-refractivity contribution in [1.82, 2.24) is 0 Å². The van der Waals surface area contributed by atoms with Crippen LogP contribution in [0.25, 0.3) is 0 Å². The Kier molecular flexibility index (Phi) is 1.73. The van der Waals surface area contributed by atoms with Crippen molar-refractivity contribution in [2.75, 3.05) is 6.67 Å². The molecule has 0 aromatic rings. The summed E-state index contributed by atoms with van der Waals surface area (Å²) in [6.45, 7) is -0.825. The number of alkyl halides is 1. The van der Waals surface area contributed by atoms with Crippen molar-refractivity contribution in [3.05, 3.63) is 0 Å². The second kappa shape index (κ2) is 2.23. The predicted octanol–water partition coefficient (Wildman–Crippen LogP) is 0.232. The van der Waals surface area contributed by atoms with E-state index in [0.29, 0.717) is 12.8 Å². The first-order valence-electron chi connectivity index (χ1n) is 3.15. The number of hydrogen-bond acceptors (Lipinski definition) is 2. The quantitative estimate of drug-likeness (QED) is 0.539. The summed E-state index contributed by atoms with van der Waals surface area (Å²) < 4.78 is 11.9. The zero-order valence-electron chi connectivity index (χ0n) is 5.18. The van der Waals surface area contributed by atoms with E-state index in [1.54, 1.807) is 0 Å². The third-order valence-electron chi connectivity index (χ3n) is 1.94. The zero-order chi connectivity index (χ0) is 6.91. The Hall–Kier alpha value is -0.150. The molecule has 54 valence electrons. The number of aliphatic hydroxyl groups is 2. The van der Waals surface area contributed by atoms with Crippen LogP contribution in [0, 0.1) is 0 Å². The highest BCUT2D eigenvalue weighted by atomic mass is 19.1. The molecule has 0 heterocycles. The van der Waals surface area contributed by atoms with Crippen molar-refractivity contribution in [3.8, 4) is 0 Å². The molecule has 0 bridgehead atoms. The molecule has 0 saturated heterocycles. The summed E-state index contributed by atoms with van der Waals surface area (Å²) in [5.74, 6) is 0. The van der Waals surface area contributed by atoms with Crippen molar-refractivity contribution in [2.45, 2.75) is 31.0 Å². The molecular formula is C6H11FO2. The number of rotatable bonds is 1. The molecule has 0 radical (unpaired) electrons. The third-order valence-corrected chi connectivity index (χ3v) is 1.94. The molecule has 2 atom stereocenters. The molecule has 1 aliphatic rings. The van der Waals surface area contributed by atoms with Gasteiger partial charge in [-0.25, -0.2) is 4.39 Å². The van der Waals surface area contributed by atoms with E-state index in [-0.39, 0.29) is 0 Å². The van der Waals surface area contributed by atoms with Gasteiger partial charge in [0.2, 0.25) is 0 Å². The lowest BCUT2D eigenvalue weighted by Crippen LogP contribution is -2.39. The molecule has 3 heteroatoms. The fourth-order valence-electron chi connectivity index (χ4n) is 1.19. The van der Waals surface area contributed by atoms with E-state index in [0.717, 1.165) is 6.42 Å². The molecule has 2 unspecified atom stereocenters. The molecule has 2 nitrogen and oxygen atoms in total. The van der Waals surface area contributed by atoms with Crippen molar-refractivity contribution in [2.24, 2.45) is 0 Å². The van der Waals surface area contributed by atoms with Gasteiger partial charge in [0.25, 0.3) is 0 Å². The summed E-state index contributed by atoms with van der Waals surface area (Å²) in [6, 6.07) is 0. The minimum atomic E-state index is -1.42. The number of halogens is 1. The van der Waals surface area contributed by atoms with Gasteiger partial charge in [-0.15, -0.1) is 0 Å². The van der Waals surface area contributed by atoms with E-state index < -0.39 is 18.4 Å². The Balaban J connectivity index is 2.56. The van der Waals surface area contributed by atoms with Gasteiger partial charge in [0.15, 0.2) is 0 Å². The minimum absolute atomic E-state index is 0.394. The highest BCUT2D eigenvalue weighted by molar-refractivity contribution is 4.91. The van der Waals surface area contributed by atoms with Crippen molar-refractivity contribution < 1.29 is 14.6 Å². The van der Waals surface area contributed by atoms with E-state index >= 15 is 0 Å². The SMILES string of the molecule is OC1CCCC1(O)CF. The molecule has 0 spiro atoms. The Morgan fingerprint density at radius 3 is 2.56 bits per heavy atom. The molecule has 9 heavy (non-hydrogen) atoms. The molecular weight excluding hydrogens is 123 g/mol. The summed E-state index contributed by atoms with van der Waals surface area (Å²) in [5.41, 5.74) is -1.42. The molecule has 1 fully saturated rings. The first kappa shape index (κ1) is 6.96. The topological polar surface area (TPSA) is 40.5 Å². The lowest BCUT2D eigenvalue weighted by molar-refractivity contribution is -0.0670. The molecule has 1 saturated carbocycles. The van der Waals surface area contributed by atoms with Crippen LogP contribution in [0.2, 0.25) is 0 Å². The van der Waals surface area contributed by atoms with Crippen LogP contribution in [0.5, 0.6) is 0 Å². The Morgan fingerprint density at radius 1 is 1.67 bits per heavy atom. The molecule has 1 aliphatic carbocycles. The van der Waals surface area contributed by atoms with Gasteiger partial charge in [0.05, 0.1) is 6.10 Å². The summed E-state index contributed by atoms with van der Waals surface area (Å²) in [7, 11) is 0. The monoisotopic (exact) mass is 134 g/mol. The van der Waals surface area contributed by atoms with Gasteiger partial charge in [-0.1, -0.05) is 0 Å². The van der Waals surface area contributed by atoms with Crippen LogP contribution in [0.15, 0.2) is 0 Å². The van der Waals surface area contributed by atoms with E-state index in [1.165, 1.54) is 0 Å². The largest absolute Gasteiger partial charge is 0.390 e. The van der Waals surface area contributed by atoms with Crippen LogP contribution in [-0.4, -0.2) is 28.6 Å². The Labute approximate surface area is 53.3 Å². The molecule has 0 aromatic carbocycles. The Bertz CT molecular complexity index is 107. The molecule has 0 amide bonds. The van der Waals surface area contributed by atoms with Gasteiger partial charge in [0, 0.05) is 0 Å². The second-order valence-electron chi connectivity index (χ2n) is 2.65. The van der Waals surface area contributed by atoms with Gasteiger partial charge in [-0.2, -0.15) is 0 Å². The summed E-state index contributed by atoms with van der Waals surface area (Å²) in [6.07, 6.45) is 0.801. The van der Waals surface area contributed by atoms with Gasteiger partial charge in [-0.3, -0.25) is 0 Å². The van der Waals surface area contributed by atoms with E-state index in [1.807, 2.05) is 0 Å². The second-order valence-corrected chi connectivity index (χ2v) is 2.65. The van der Waals surface area contributed by atoms with Crippen LogP contribution in [0.4, 0.5) is 4.39 Å². The van der Waals surface area contributed by atoms with Crippen LogP contribution in [-0.2, 0) is 0 Å². The lowest BCUT2D eigenvalue weighted by atomic mass is 10.0. The third kappa shape index (κ3) is 1.07. The van der Waals surface area contributed by atoms with Gasteiger partial charge >= 0.3 is 0 Å². The number of hydrogen-bond donors (Lipinski definition) is 2. The molecule has 0 aromatic heterocycles. The van der Waals surface area contributed by atoms with Crippen molar-refractivity contribution >= 4 is 0 Å². The fourth-order valence-corrected chi connectivity index (χ4v) is 1.19. The maximum absolute atomic E-state index is 11.9. The molecule has 1 rings (SSSR count). The fraction of sp³-hybridized carbons (Fsp3) is 1.00. The van der Waals surface area contributed by atoms with E-state index in [9.17, 15) is 4.39 Å². The normalized spacial score (nSPS) is 43.7. The highest BCUT2D eigenvalue weighted by Crippen LogP contribution is 2.29. The van der Waals surface area contributed by atoms with E-state index in [2.05, 4.69) is 0 Å². The summed E-state index contributed by atoms with van der Waals surface area (Å²) in [5, 5.41) is 18.1. The summed E-state index contributed by atoms with van der Waals surface area (Å²) >= 11 is 0. The standard InChI is InChI=1S/C6H11FO2/c7-4-6(9)3-1-2-5(6)8/h5,8-9H,1-4H2. The predicted molar refractivity (Wildman–Crippen MR) is 30.8 cm³/mol. The maximum Gasteiger partial charge on any atom is 0.121 e. The van der Waals surface area contributed by atoms with Crippen LogP contribution in [0.1, 0.15) is 19.3 Å². The average molecular weight is 134 g/mol. The highest BCUT2D eigenvalue weighted by Gasteiger charge is 2.39. The van der Waals surface area contributed by atoms with Gasteiger partial charge in [0.1, 0.15) is 12.3 Å². The smallest absolute Gasteiger partial charge is 0.121 e. The van der Waals surface area contributed by atoms with E-state index in [4.69, 9.17) is 10.2 Å². The van der Waals surface area contributed by atoms with Crippen LogP contribution < -0.4 is 0 Å². The van der Waals surface area contributed by atoms with Gasteiger partial charge in [-0.05, 0) is 19.3 Å². The minimum Gasteiger partial charge on any atom is -0.390 e. The van der Waals surface area contributed by atoms with Gasteiger partial charge < -0.3 is 10.2 Å². The maximum atomic E-state index is 11.9.